The van der Waals surface area contributed by atoms with Gasteiger partial charge in [0.1, 0.15) is 0 Å². The summed E-state index contributed by atoms with van der Waals surface area (Å²) in [4.78, 5) is 0. The first-order valence-corrected chi connectivity index (χ1v) is 5.10. The van der Waals surface area contributed by atoms with E-state index in [4.69, 9.17) is 5.73 Å². The van der Waals surface area contributed by atoms with Crippen LogP contribution in [0.15, 0.2) is 0 Å². The van der Waals surface area contributed by atoms with E-state index in [1.54, 1.807) is 6.42 Å². The Morgan fingerprint density at radius 3 is 2.73 bits per heavy atom. The highest BCUT2D eigenvalue weighted by Gasteiger charge is 2.41. The van der Waals surface area contributed by atoms with Gasteiger partial charge in [-0.05, 0) is 56.4 Å². The van der Waals surface area contributed by atoms with Gasteiger partial charge in [-0.15, -0.1) is 0 Å². The van der Waals surface area contributed by atoms with Gasteiger partial charge < -0.3 is 5.73 Å². The van der Waals surface area contributed by atoms with Crippen LogP contribution in [0.1, 0.15) is 38.5 Å². The molecule has 0 aromatic rings. The van der Waals surface area contributed by atoms with E-state index in [1.165, 1.54) is 32.1 Å². The van der Waals surface area contributed by atoms with Gasteiger partial charge >= 0.3 is 0 Å². The van der Waals surface area contributed by atoms with Gasteiger partial charge in [0.05, 0.1) is 0 Å². The first-order chi connectivity index (χ1) is 5.40. The van der Waals surface area contributed by atoms with Crippen LogP contribution in [0.3, 0.4) is 0 Å². The molecule has 2 rings (SSSR count). The Bertz CT molecular complexity index is 133. The van der Waals surface area contributed by atoms with Crippen LogP contribution < -0.4 is 5.73 Å². The lowest BCUT2D eigenvalue weighted by Gasteiger charge is -2.20. The lowest BCUT2D eigenvalue weighted by atomic mass is 9.86. The van der Waals surface area contributed by atoms with Crippen molar-refractivity contribution in [2.24, 2.45) is 23.5 Å². The minimum Gasteiger partial charge on any atom is -0.330 e. The summed E-state index contributed by atoms with van der Waals surface area (Å²) < 4.78 is 0. The standard InChI is InChI=1S/C10H19N/c11-5-1-2-8-3-4-9-7-10(9)6-8/h8-10H,1-7,11H2/t8?,9-,10?/m0/s1. The minimum atomic E-state index is 0.893. The highest BCUT2D eigenvalue weighted by Crippen LogP contribution is 2.52. The molecule has 0 spiro atoms. The van der Waals surface area contributed by atoms with E-state index in [9.17, 15) is 0 Å². The van der Waals surface area contributed by atoms with Crippen molar-refractivity contribution in [1.29, 1.82) is 0 Å². The van der Waals surface area contributed by atoms with E-state index in [-0.39, 0.29) is 0 Å². The lowest BCUT2D eigenvalue weighted by molar-refractivity contribution is 0.321. The molecule has 2 fully saturated rings. The Balaban J connectivity index is 1.68. The lowest BCUT2D eigenvalue weighted by Crippen LogP contribution is -2.10. The average Bonchev–Trinajstić information content (AvgIpc) is 2.78. The van der Waals surface area contributed by atoms with Gasteiger partial charge in [-0.25, -0.2) is 0 Å². The van der Waals surface area contributed by atoms with E-state index >= 15 is 0 Å². The zero-order chi connectivity index (χ0) is 7.68. The Labute approximate surface area is 69.4 Å². The third-order valence-corrected chi connectivity index (χ3v) is 3.47. The predicted octanol–water partition coefficient (Wildman–Crippen LogP) is 2.16. The summed E-state index contributed by atoms with van der Waals surface area (Å²) in [5, 5.41) is 0. The Kier molecular flexibility index (Phi) is 2.17. The molecular weight excluding hydrogens is 134 g/mol. The molecule has 0 saturated heterocycles. The molecule has 2 unspecified atom stereocenters. The fourth-order valence-corrected chi connectivity index (χ4v) is 2.62. The first-order valence-electron chi connectivity index (χ1n) is 5.10. The van der Waals surface area contributed by atoms with E-state index in [0.29, 0.717) is 0 Å². The van der Waals surface area contributed by atoms with Crippen molar-refractivity contribution in [2.45, 2.75) is 38.5 Å². The zero-order valence-corrected chi connectivity index (χ0v) is 7.26. The molecule has 1 nitrogen and oxygen atoms in total. The number of fused-ring (bicyclic) bond motifs is 1. The van der Waals surface area contributed by atoms with Gasteiger partial charge in [0.15, 0.2) is 0 Å². The summed E-state index contributed by atoms with van der Waals surface area (Å²) in [5.74, 6) is 3.35. The van der Waals surface area contributed by atoms with Crippen LogP contribution in [-0.2, 0) is 0 Å². The predicted molar refractivity (Wildman–Crippen MR) is 47.2 cm³/mol. The van der Waals surface area contributed by atoms with Crippen molar-refractivity contribution in [2.75, 3.05) is 6.54 Å². The molecule has 0 amide bonds. The maximum atomic E-state index is 5.49. The molecule has 2 saturated carbocycles. The van der Waals surface area contributed by atoms with Gasteiger partial charge in [0.2, 0.25) is 0 Å². The molecule has 0 aromatic heterocycles. The normalized spacial score (nSPS) is 41.7. The van der Waals surface area contributed by atoms with Crippen molar-refractivity contribution in [3.05, 3.63) is 0 Å². The third-order valence-electron chi connectivity index (χ3n) is 3.47. The van der Waals surface area contributed by atoms with Gasteiger partial charge in [0.25, 0.3) is 0 Å². The summed E-state index contributed by atoms with van der Waals surface area (Å²) in [5.41, 5.74) is 5.49. The largest absolute Gasteiger partial charge is 0.330 e. The van der Waals surface area contributed by atoms with Gasteiger partial charge in [-0.1, -0.05) is 6.42 Å². The van der Waals surface area contributed by atoms with Gasteiger partial charge in [-0.3, -0.25) is 0 Å². The second-order valence-electron chi connectivity index (χ2n) is 4.37. The summed E-state index contributed by atoms with van der Waals surface area (Å²) in [6.45, 7) is 0.893. The third kappa shape index (κ3) is 1.76. The fourth-order valence-electron chi connectivity index (χ4n) is 2.62. The maximum absolute atomic E-state index is 5.49. The number of rotatable bonds is 3. The summed E-state index contributed by atoms with van der Waals surface area (Å²) in [6, 6.07) is 0. The quantitative estimate of drug-likeness (QED) is 0.660. The maximum Gasteiger partial charge on any atom is -0.00772 e. The second kappa shape index (κ2) is 3.14. The Morgan fingerprint density at radius 2 is 2.00 bits per heavy atom. The molecule has 3 atom stereocenters. The molecular formula is C10H19N. The molecule has 2 aliphatic carbocycles. The molecule has 2 aliphatic rings. The van der Waals surface area contributed by atoms with E-state index in [0.717, 1.165) is 24.3 Å². The van der Waals surface area contributed by atoms with E-state index < -0.39 is 0 Å². The van der Waals surface area contributed by atoms with Crippen molar-refractivity contribution in [3.63, 3.8) is 0 Å². The van der Waals surface area contributed by atoms with Gasteiger partial charge in [0, 0.05) is 0 Å². The summed E-state index contributed by atoms with van der Waals surface area (Å²) >= 11 is 0. The number of hydrogen-bond acceptors (Lipinski definition) is 1. The topological polar surface area (TPSA) is 26.0 Å². The highest BCUT2D eigenvalue weighted by atomic mass is 14.5. The van der Waals surface area contributed by atoms with Crippen LogP contribution in [0.25, 0.3) is 0 Å². The second-order valence-corrected chi connectivity index (χ2v) is 4.37. The van der Waals surface area contributed by atoms with E-state index in [2.05, 4.69) is 0 Å². The smallest absolute Gasteiger partial charge is 0.00772 e. The first kappa shape index (κ1) is 7.60. The Hall–Kier alpha value is -0.0400. The SMILES string of the molecule is NCCCC1CC[C@H]2CC2C1. The molecule has 0 aromatic carbocycles. The van der Waals surface area contributed by atoms with Crippen LogP contribution in [0.4, 0.5) is 0 Å². The summed E-state index contributed by atoms with van der Waals surface area (Å²) in [7, 11) is 0. The van der Waals surface area contributed by atoms with Crippen molar-refractivity contribution in [1.82, 2.24) is 0 Å². The van der Waals surface area contributed by atoms with Crippen LogP contribution in [0, 0.1) is 17.8 Å². The molecule has 11 heavy (non-hydrogen) atoms. The Morgan fingerprint density at radius 1 is 1.09 bits per heavy atom. The molecule has 64 valence electrons. The van der Waals surface area contributed by atoms with Gasteiger partial charge in [-0.2, -0.15) is 0 Å². The summed E-state index contributed by atoms with van der Waals surface area (Å²) in [6.07, 6.45) is 8.77. The monoisotopic (exact) mass is 153 g/mol. The molecule has 2 N–H and O–H groups in total. The highest BCUT2D eigenvalue weighted by molar-refractivity contribution is 4.92. The molecule has 0 bridgehead atoms. The van der Waals surface area contributed by atoms with Crippen LogP contribution in [0.2, 0.25) is 0 Å². The van der Waals surface area contributed by atoms with Crippen molar-refractivity contribution < 1.29 is 0 Å². The van der Waals surface area contributed by atoms with Crippen LogP contribution >= 0.6 is 0 Å². The number of nitrogens with two attached hydrogens (primary N) is 1. The number of hydrogen-bond donors (Lipinski definition) is 1. The van der Waals surface area contributed by atoms with Crippen LogP contribution in [0.5, 0.6) is 0 Å². The van der Waals surface area contributed by atoms with Crippen molar-refractivity contribution in [3.8, 4) is 0 Å². The fraction of sp³-hybridized carbons (Fsp3) is 1.00. The molecule has 1 heteroatoms. The zero-order valence-electron chi connectivity index (χ0n) is 7.26. The average molecular weight is 153 g/mol. The molecule has 0 heterocycles. The van der Waals surface area contributed by atoms with Crippen LogP contribution in [-0.4, -0.2) is 6.54 Å². The van der Waals surface area contributed by atoms with E-state index in [1.807, 2.05) is 0 Å². The minimum absolute atomic E-state index is 0.893. The van der Waals surface area contributed by atoms with Crippen molar-refractivity contribution >= 4 is 0 Å². The molecule has 0 radical (unpaired) electrons. The molecule has 0 aliphatic heterocycles.